The Bertz CT molecular complexity index is 488. The van der Waals surface area contributed by atoms with E-state index in [1.807, 2.05) is 4.90 Å². The highest BCUT2D eigenvalue weighted by molar-refractivity contribution is 5.78. The van der Waals surface area contributed by atoms with Crippen LogP contribution >= 0.6 is 0 Å². The van der Waals surface area contributed by atoms with Crippen molar-refractivity contribution < 1.29 is 4.79 Å². The molecule has 2 heterocycles. The zero-order valence-electron chi connectivity index (χ0n) is 11.9. The number of carbonyl (C=O) groups is 1. The molecule has 1 saturated heterocycles. The van der Waals surface area contributed by atoms with Gasteiger partial charge in [0.15, 0.2) is 0 Å². The van der Waals surface area contributed by atoms with Crippen LogP contribution in [0.15, 0.2) is 24.3 Å². The number of fused-ring (bicyclic) bond motifs is 1. The molecule has 20 heavy (non-hydrogen) atoms. The first-order chi connectivity index (χ1) is 9.76. The molecule has 0 aromatic heterocycles. The van der Waals surface area contributed by atoms with Gasteiger partial charge in [0, 0.05) is 19.6 Å². The smallest absolute Gasteiger partial charge is 0.237 e. The first-order valence-electron chi connectivity index (χ1n) is 7.53. The predicted molar refractivity (Wildman–Crippen MR) is 79.2 cm³/mol. The van der Waals surface area contributed by atoms with Gasteiger partial charge < -0.3 is 10.6 Å². The first kappa shape index (κ1) is 13.6. The maximum atomic E-state index is 12.4. The Hall–Kier alpha value is -1.39. The van der Waals surface area contributed by atoms with Gasteiger partial charge in [-0.1, -0.05) is 24.3 Å². The van der Waals surface area contributed by atoms with Gasteiger partial charge in [-0.25, -0.2) is 0 Å². The minimum absolute atomic E-state index is 0.261. The third-order valence-electron chi connectivity index (χ3n) is 4.55. The molecular formula is C16H23N3O. The molecule has 1 atom stereocenters. The summed E-state index contributed by atoms with van der Waals surface area (Å²) in [5.74, 6) is 0.835. The zero-order chi connectivity index (χ0) is 13.9. The summed E-state index contributed by atoms with van der Waals surface area (Å²) in [6.45, 7) is 4.90. The minimum atomic E-state index is 0.261. The molecule has 1 aromatic carbocycles. The Morgan fingerprint density at radius 2 is 2.05 bits per heavy atom. The van der Waals surface area contributed by atoms with E-state index in [2.05, 4.69) is 29.2 Å². The molecule has 2 aliphatic heterocycles. The molecule has 1 amide bonds. The monoisotopic (exact) mass is 273 g/mol. The van der Waals surface area contributed by atoms with E-state index >= 15 is 0 Å². The fourth-order valence-corrected chi connectivity index (χ4v) is 3.25. The zero-order valence-corrected chi connectivity index (χ0v) is 11.9. The van der Waals surface area contributed by atoms with Crippen LogP contribution in [0.4, 0.5) is 0 Å². The Kier molecular flexibility index (Phi) is 4.03. The van der Waals surface area contributed by atoms with Crippen molar-refractivity contribution in [1.82, 2.24) is 9.80 Å². The second-order valence-electron chi connectivity index (χ2n) is 5.96. The molecule has 3 rings (SSSR count). The summed E-state index contributed by atoms with van der Waals surface area (Å²) >= 11 is 0. The van der Waals surface area contributed by atoms with Crippen LogP contribution in [0.5, 0.6) is 0 Å². The first-order valence-corrected chi connectivity index (χ1v) is 7.53. The lowest BCUT2D eigenvalue weighted by Gasteiger charge is -2.30. The fraction of sp³-hybridized carbons (Fsp3) is 0.562. The summed E-state index contributed by atoms with van der Waals surface area (Å²) in [7, 11) is 0. The summed E-state index contributed by atoms with van der Waals surface area (Å²) in [6.07, 6.45) is 2.11. The van der Waals surface area contributed by atoms with E-state index in [1.165, 1.54) is 11.1 Å². The Labute approximate surface area is 120 Å². The average Bonchev–Trinajstić information content (AvgIpc) is 2.94. The predicted octanol–water partition coefficient (Wildman–Crippen LogP) is 0.852. The SMILES string of the molecule is NCC1CCN(CC(=O)N2CCc3ccccc3C2)C1. The molecule has 0 saturated carbocycles. The molecular weight excluding hydrogens is 250 g/mol. The van der Waals surface area contributed by atoms with Crippen LogP contribution in [-0.2, 0) is 17.8 Å². The van der Waals surface area contributed by atoms with E-state index in [-0.39, 0.29) is 5.91 Å². The van der Waals surface area contributed by atoms with Crippen LogP contribution in [0.25, 0.3) is 0 Å². The summed E-state index contributed by atoms with van der Waals surface area (Å²) < 4.78 is 0. The third kappa shape index (κ3) is 2.86. The molecule has 1 aromatic rings. The Balaban J connectivity index is 1.57. The number of nitrogens with zero attached hydrogens (tertiary/aromatic N) is 2. The van der Waals surface area contributed by atoms with Crippen LogP contribution in [0.1, 0.15) is 17.5 Å². The number of rotatable bonds is 3. The molecule has 0 aliphatic carbocycles. The maximum absolute atomic E-state index is 12.4. The number of hydrogen-bond donors (Lipinski definition) is 1. The van der Waals surface area contributed by atoms with Crippen molar-refractivity contribution in [3.63, 3.8) is 0 Å². The van der Waals surface area contributed by atoms with Gasteiger partial charge in [0.25, 0.3) is 0 Å². The van der Waals surface area contributed by atoms with Gasteiger partial charge in [-0.05, 0) is 43.0 Å². The van der Waals surface area contributed by atoms with Crippen molar-refractivity contribution in [3.8, 4) is 0 Å². The molecule has 2 aliphatic rings. The van der Waals surface area contributed by atoms with Crippen molar-refractivity contribution in [1.29, 1.82) is 0 Å². The molecule has 0 spiro atoms. The van der Waals surface area contributed by atoms with Crippen LogP contribution in [0, 0.1) is 5.92 Å². The van der Waals surface area contributed by atoms with Crippen molar-refractivity contribution in [2.24, 2.45) is 11.7 Å². The molecule has 2 N–H and O–H groups in total. The van der Waals surface area contributed by atoms with E-state index < -0.39 is 0 Å². The van der Waals surface area contributed by atoms with Crippen molar-refractivity contribution in [2.75, 3.05) is 32.7 Å². The lowest BCUT2D eigenvalue weighted by molar-refractivity contribution is -0.133. The van der Waals surface area contributed by atoms with Crippen LogP contribution < -0.4 is 5.73 Å². The van der Waals surface area contributed by atoms with Gasteiger partial charge in [0.2, 0.25) is 5.91 Å². The van der Waals surface area contributed by atoms with Crippen molar-refractivity contribution in [3.05, 3.63) is 35.4 Å². The van der Waals surface area contributed by atoms with Crippen LogP contribution in [0.3, 0.4) is 0 Å². The fourth-order valence-electron chi connectivity index (χ4n) is 3.25. The highest BCUT2D eigenvalue weighted by Gasteiger charge is 2.26. The van der Waals surface area contributed by atoms with Gasteiger partial charge in [0.1, 0.15) is 0 Å². The second-order valence-corrected chi connectivity index (χ2v) is 5.96. The lowest BCUT2D eigenvalue weighted by atomic mass is 10.00. The Morgan fingerprint density at radius 1 is 1.25 bits per heavy atom. The average molecular weight is 273 g/mol. The number of amides is 1. The molecule has 4 heteroatoms. The van der Waals surface area contributed by atoms with Crippen molar-refractivity contribution >= 4 is 5.91 Å². The number of hydrogen-bond acceptors (Lipinski definition) is 3. The summed E-state index contributed by atoms with van der Waals surface area (Å²) in [5, 5.41) is 0. The Morgan fingerprint density at radius 3 is 2.80 bits per heavy atom. The van der Waals surface area contributed by atoms with Gasteiger partial charge >= 0.3 is 0 Å². The van der Waals surface area contributed by atoms with Crippen LogP contribution in [0.2, 0.25) is 0 Å². The molecule has 1 fully saturated rings. The highest BCUT2D eigenvalue weighted by Crippen LogP contribution is 2.20. The molecule has 0 bridgehead atoms. The standard InChI is InChI=1S/C16H23N3O/c17-9-13-5-7-18(10-13)12-16(20)19-8-6-14-3-1-2-4-15(14)11-19/h1-4,13H,5-12,17H2. The highest BCUT2D eigenvalue weighted by atomic mass is 16.2. The number of benzene rings is 1. The largest absolute Gasteiger partial charge is 0.337 e. The molecule has 108 valence electrons. The van der Waals surface area contributed by atoms with Gasteiger partial charge in [-0.2, -0.15) is 0 Å². The quantitative estimate of drug-likeness (QED) is 0.888. The molecule has 0 radical (unpaired) electrons. The van der Waals surface area contributed by atoms with E-state index in [4.69, 9.17) is 5.73 Å². The number of nitrogens with two attached hydrogens (primary N) is 1. The number of carbonyl (C=O) groups excluding carboxylic acids is 1. The second kappa shape index (κ2) is 5.94. The number of likely N-dealkylation sites (tertiary alicyclic amines) is 1. The maximum Gasteiger partial charge on any atom is 0.237 e. The molecule has 4 nitrogen and oxygen atoms in total. The lowest BCUT2D eigenvalue weighted by Crippen LogP contribution is -2.42. The van der Waals surface area contributed by atoms with E-state index in [1.54, 1.807) is 0 Å². The van der Waals surface area contributed by atoms with Crippen molar-refractivity contribution in [2.45, 2.75) is 19.4 Å². The van der Waals surface area contributed by atoms with E-state index in [0.29, 0.717) is 12.5 Å². The van der Waals surface area contributed by atoms with Gasteiger partial charge in [-0.3, -0.25) is 9.69 Å². The summed E-state index contributed by atoms with van der Waals surface area (Å²) in [6, 6.07) is 8.44. The van der Waals surface area contributed by atoms with Gasteiger partial charge in [0.05, 0.1) is 6.54 Å². The molecule has 1 unspecified atom stereocenters. The van der Waals surface area contributed by atoms with E-state index in [9.17, 15) is 4.79 Å². The van der Waals surface area contributed by atoms with Gasteiger partial charge in [-0.15, -0.1) is 0 Å². The third-order valence-corrected chi connectivity index (χ3v) is 4.55. The van der Waals surface area contributed by atoms with Crippen LogP contribution in [-0.4, -0.2) is 48.4 Å². The topological polar surface area (TPSA) is 49.6 Å². The normalized spacial score (nSPS) is 22.9. The van der Waals surface area contributed by atoms with E-state index in [0.717, 1.165) is 45.6 Å². The summed E-state index contributed by atoms with van der Waals surface area (Å²) in [5.41, 5.74) is 8.39. The minimum Gasteiger partial charge on any atom is -0.337 e. The summed E-state index contributed by atoms with van der Waals surface area (Å²) in [4.78, 5) is 16.7.